The normalized spacial score (nSPS) is 27.6. The van der Waals surface area contributed by atoms with E-state index in [9.17, 15) is 68.1 Å². The summed E-state index contributed by atoms with van der Waals surface area (Å²) in [6, 6.07) is -1.27. The minimum atomic E-state index is -2.34. The molecule has 0 saturated carbocycles. The van der Waals surface area contributed by atoms with Gasteiger partial charge in [0.25, 0.3) is 0 Å². The molecule has 434 valence electrons. The number of hydrogen-bond donors (Lipinski definition) is 10. The highest BCUT2D eigenvalue weighted by Gasteiger charge is 2.45. The van der Waals surface area contributed by atoms with E-state index in [2.05, 4.69) is 31.6 Å². The zero-order valence-corrected chi connectivity index (χ0v) is 46.4. The molecule has 27 heteroatoms. The van der Waals surface area contributed by atoms with Crippen LogP contribution in [0.3, 0.4) is 0 Å². The van der Waals surface area contributed by atoms with Gasteiger partial charge in [0.15, 0.2) is 11.6 Å². The monoisotopic (exact) mass is 1140 g/mol. The Morgan fingerprint density at radius 2 is 1.56 bits per heavy atom. The number of unbranched alkanes of at least 4 members (excludes halogenated alkanes) is 3. The number of ketones is 2. The van der Waals surface area contributed by atoms with Crippen molar-refractivity contribution in [3.63, 3.8) is 0 Å². The summed E-state index contributed by atoms with van der Waals surface area (Å²) in [5.74, 6) is -13.7. The first-order valence-corrected chi connectivity index (χ1v) is 29.2. The number of primary amides is 1. The number of carbonyl (C=O) groups is 11. The van der Waals surface area contributed by atoms with Gasteiger partial charge in [-0.3, -0.25) is 61.8 Å². The van der Waals surface area contributed by atoms with E-state index in [1.807, 2.05) is 0 Å². The van der Waals surface area contributed by atoms with Gasteiger partial charge in [-0.2, -0.15) is 11.8 Å². The Morgan fingerprint density at radius 1 is 0.861 bits per heavy atom. The number of ether oxygens (including phenoxy) is 1. The number of imide groups is 1. The van der Waals surface area contributed by atoms with E-state index in [0.717, 1.165) is 11.3 Å². The lowest BCUT2D eigenvalue weighted by molar-refractivity contribution is -0.145. The van der Waals surface area contributed by atoms with Crippen LogP contribution in [0.15, 0.2) is 23.2 Å². The second-order valence-electron chi connectivity index (χ2n) is 20.8. The number of aromatic amines is 1. The zero-order valence-electron chi connectivity index (χ0n) is 44.7. The lowest BCUT2D eigenvalue weighted by Gasteiger charge is -2.32. The summed E-state index contributed by atoms with van der Waals surface area (Å²) in [6.45, 7) is 2.58. The summed E-state index contributed by atoms with van der Waals surface area (Å²) in [7, 11) is -2.34. The number of aromatic nitrogens is 1. The van der Waals surface area contributed by atoms with Crippen molar-refractivity contribution in [2.45, 2.75) is 138 Å². The molecule has 11 N–H and O–H groups in total. The van der Waals surface area contributed by atoms with Gasteiger partial charge in [0.2, 0.25) is 53.2 Å². The topological polar surface area (TPSA) is 383 Å². The number of Topliss-reactive ketones (excluding diaryl/α,β-unsaturated/α-hetero) is 2. The number of benzene rings is 1. The number of rotatable bonds is 16. The Kier molecular flexibility index (Phi) is 22.1. The number of likely N-dealkylation sites (tertiary alicyclic amines) is 1. The van der Waals surface area contributed by atoms with Crippen LogP contribution in [0.2, 0.25) is 0 Å². The molecule has 1 aromatic carbocycles. The smallest absolute Gasteiger partial charge is 0.243 e. The molecular weight excluding hydrogens is 1070 g/mol. The van der Waals surface area contributed by atoms with Crippen molar-refractivity contribution in [1.82, 2.24) is 41.4 Å². The largest absolute Gasteiger partial charge is 0.494 e. The Hall–Kier alpha value is -6.29. The Balaban J connectivity index is 1.42. The lowest BCUT2D eigenvalue weighted by Crippen LogP contribution is -2.56. The van der Waals surface area contributed by atoms with Crippen LogP contribution >= 0.6 is 11.8 Å². The van der Waals surface area contributed by atoms with Gasteiger partial charge in [-0.1, -0.05) is 40.0 Å². The van der Waals surface area contributed by atoms with Gasteiger partial charge in [0, 0.05) is 68.5 Å². The fraction of sp³-hybridized carbons (Fsp3) is 0.635. The molecule has 2 saturated heterocycles. The average molecular weight is 1140 g/mol. The van der Waals surface area contributed by atoms with Crippen molar-refractivity contribution >= 4 is 98.2 Å². The van der Waals surface area contributed by atoms with E-state index in [0.29, 0.717) is 48.9 Å². The number of H-pyrrole nitrogens is 1. The first-order chi connectivity index (χ1) is 37.5. The van der Waals surface area contributed by atoms with Gasteiger partial charge in [0.1, 0.15) is 22.9 Å². The van der Waals surface area contributed by atoms with Crippen molar-refractivity contribution in [3.05, 3.63) is 23.8 Å². The molecule has 5 heterocycles. The van der Waals surface area contributed by atoms with Gasteiger partial charge in [-0.25, -0.2) is 0 Å². The number of nitrogens with zero attached hydrogens (tertiary/aromatic N) is 2. The third kappa shape index (κ3) is 15.8. The Morgan fingerprint density at radius 3 is 2.23 bits per heavy atom. The standard InChI is InChI=1S/C52H73N9O16S2/c1-5-26(2)45-49(73)55-21-42(68)56-35-25-79(76)50-33(32-11-10-31(19-34(32)57-50)77-13-9-7-6-8-12-60-44(70)20-40(78-4)52(60)75)14-28(47(71)54-22-43(69)58-45)15-38(65)46(27(3)39(66)24-62)59-48(72)36-18-30(63)23-61(36)51(74)29(16-37(35)64)17-41(53)67/h10-11,19,26-30,35-36,39-40,45-46,57,62-63,66H,5-9,12-18,20-25H2,1-4H3,(H2,53,67)(H,54,71)(H,55,73)(H,56,68)(H,58,69)(H,59,72). The number of aliphatic hydroxyl groups excluding tert-OH is 3. The summed E-state index contributed by atoms with van der Waals surface area (Å²) in [4.78, 5) is 157. The first kappa shape index (κ1) is 61.9. The molecule has 2 fully saturated rings. The lowest BCUT2D eigenvalue weighted by atomic mass is 9.85. The summed E-state index contributed by atoms with van der Waals surface area (Å²) in [5, 5.41) is 44.4. The number of aliphatic hydroxyl groups is 3. The molecule has 4 aliphatic rings. The molecule has 0 aliphatic carbocycles. The quantitative estimate of drug-likeness (QED) is 0.0641. The molecule has 4 aliphatic heterocycles. The van der Waals surface area contributed by atoms with Crippen molar-refractivity contribution in [2.75, 3.05) is 51.4 Å². The van der Waals surface area contributed by atoms with Crippen LogP contribution in [0.25, 0.3) is 10.9 Å². The van der Waals surface area contributed by atoms with Crippen molar-refractivity contribution < 1.29 is 77.0 Å². The molecule has 1 aromatic heterocycles. The van der Waals surface area contributed by atoms with Crippen LogP contribution in [0.1, 0.15) is 90.5 Å². The summed E-state index contributed by atoms with van der Waals surface area (Å²) < 4.78 is 21.2. The van der Waals surface area contributed by atoms with Gasteiger partial charge in [-0.05, 0) is 49.1 Å². The average Bonchev–Trinajstić information content (AvgIpc) is 4.15. The number of carbonyl (C=O) groups excluding carboxylic acids is 11. The minimum absolute atomic E-state index is 0.0690. The van der Waals surface area contributed by atoms with E-state index in [4.69, 9.17) is 10.5 Å². The molecule has 6 rings (SSSR count). The molecule has 0 radical (unpaired) electrons. The molecule has 25 nitrogen and oxygen atoms in total. The molecular formula is C52H73N9O16S2. The summed E-state index contributed by atoms with van der Waals surface area (Å²) >= 11 is 1.35. The summed E-state index contributed by atoms with van der Waals surface area (Å²) in [6.07, 6.45) is -0.977. The maximum absolute atomic E-state index is 15.1. The zero-order chi connectivity index (χ0) is 57.8. The van der Waals surface area contributed by atoms with E-state index >= 15 is 4.21 Å². The number of nitrogens with one attached hydrogen (secondary N) is 6. The number of thioether (sulfide) groups is 1. The van der Waals surface area contributed by atoms with Crippen LogP contribution < -0.4 is 37.1 Å². The van der Waals surface area contributed by atoms with E-state index in [-0.39, 0.29) is 47.1 Å². The molecule has 0 spiro atoms. The fourth-order valence-electron chi connectivity index (χ4n) is 10.3. The van der Waals surface area contributed by atoms with E-state index in [1.165, 1.54) is 23.6 Å². The number of hydrogen-bond acceptors (Lipinski definition) is 17. The molecule has 79 heavy (non-hydrogen) atoms. The van der Waals surface area contributed by atoms with Crippen molar-refractivity contribution in [1.29, 1.82) is 0 Å². The maximum Gasteiger partial charge on any atom is 0.243 e. The number of nitrogens with two attached hydrogens (primary N) is 1. The SMILES string of the molecule is CCC(C)C1NC(=O)CNC(=O)C2CC(=O)C(C(C)C(O)CO)NC(=O)C3CC(O)CN3C(=O)C(CC(N)=O)CC(=O)C(CS(=O)c3[nH]c4cc(OCCCCCCN5C(=O)CC(SC)C5=O)ccc4c3C2)NC(=O)CNC1=O. The van der Waals surface area contributed by atoms with Crippen LogP contribution in [0.4, 0.5) is 0 Å². The highest BCUT2D eigenvalue weighted by molar-refractivity contribution is 8.00. The highest BCUT2D eigenvalue weighted by Crippen LogP contribution is 2.33. The Labute approximate surface area is 463 Å². The second-order valence-corrected chi connectivity index (χ2v) is 23.3. The van der Waals surface area contributed by atoms with E-state index in [1.54, 1.807) is 38.3 Å². The predicted molar refractivity (Wildman–Crippen MR) is 286 cm³/mol. The molecule has 12 atom stereocenters. The minimum Gasteiger partial charge on any atom is -0.494 e. The van der Waals surface area contributed by atoms with Gasteiger partial charge in [0.05, 0.1) is 83.8 Å². The van der Waals surface area contributed by atoms with E-state index < -0.39 is 181 Å². The van der Waals surface area contributed by atoms with Crippen LogP contribution in [-0.2, 0) is 70.0 Å². The third-order valence-corrected chi connectivity index (χ3v) is 17.5. The maximum atomic E-state index is 15.1. The van der Waals surface area contributed by atoms with Crippen molar-refractivity contribution in [2.24, 2.45) is 29.4 Å². The molecule has 12 unspecified atom stereocenters. The number of amides is 9. The Bertz CT molecular complexity index is 2690. The molecule has 9 amide bonds. The first-order valence-electron chi connectivity index (χ1n) is 26.6. The van der Waals surface area contributed by atoms with Crippen molar-refractivity contribution in [3.8, 4) is 5.75 Å². The predicted octanol–water partition coefficient (Wildman–Crippen LogP) is -2.01. The number of fused-ring (bicyclic) bond motifs is 5. The second kappa shape index (κ2) is 28.2. The fourth-order valence-corrected chi connectivity index (χ4v) is 12.4. The van der Waals surface area contributed by atoms with Crippen LogP contribution in [0, 0.1) is 23.7 Å². The molecule has 2 bridgehead atoms. The van der Waals surface area contributed by atoms with Crippen LogP contribution in [0.5, 0.6) is 5.75 Å². The molecule has 2 aromatic rings. The highest BCUT2D eigenvalue weighted by atomic mass is 32.2. The third-order valence-electron chi connectivity index (χ3n) is 15.1. The van der Waals surface area contributed by atoms with Gasteiger partial charge >= 0.3 is 0 Å². The van der Waals surface area contributed by atoms with Gasteiger partial charge in [-0.15, -0.1) is 0 Å². The van der Waals surface area contributed by atoms with Crippen LogP contribution in [-0.4, -0.2) is 192 Å². The van der Waals surface area contributed by atoms with Gasteiger partial charge < -0.3 is 62.3 Å². The summed E-state index contributed by atoms with van der Waals surface area (Å²) in [5.41, 5.74) is 6.12.